The Morgan fingerprint density at radius 2 is 2.20 bits per heavy atom. The molecule has 4 nitrogen and oxygen atoms in total. The summed E-state index contributed by atoms with van der Waals surface area (Å²) in [6, 6.07) is 13.9. The normalized spacial score (nSPS) is 11.1. The number of terminal acetylenes is 1. The van der Waals surface area contributed by atoms with E-state index in [1.54, 1.807) is 6.08 Å². The Kier molecular flexibility index (Phi) is 5.06. The van der Waals surface area contributed by atoms with Gasteiger partial charge in [0.1, 0.15) is 24.3 Å². The van der Waals surface area contributed by atoms with Crippen LogP contribution < -0.4 is 4.74 Å². The quantitative estimate of drug-likeness (QED) is 0.369. The highest BCUT2D eigenvalue weighted by Crippen LogP contribution is 2.25. The summed E-state index contributed by atoms with van der Waals surface area (Å²) in [6.45, 7) is 2.25. The maximum atomic E-state index is 9.53. The lowest BCUT2D eigenvalue weighted by atomic mass is 10.1. The number of benzene rings is 2. The van der Waals surface area contributed by atoms with Crippen LogP contribution in [0.2, 0.25) is 0 Å². The fraction of sp³-hybridized carbons (Fsp3) is 0.100. The first kappa shape index (κ1) is 17.1. The number of nitrogens with zero attached hydrogens (tertiary/aromatic N) is 2. The van der Waals surface area contributed by atoms with Crippen molar-refractivity contribution in [3.05, 3.63) is 56.9 Å². The molecule has 0 spiro atoms. The van der Waals surface area contributed by atoms with Crippen molar-refractivity contribution in [1.29, 1.82) is 5.26 Å². The molecular formula is C20H14IN3O. The van der Waals surface area contributed by atoms with E-state index in [2.05, 4.69) is 44.5 Å². The van der Waals surface area contributed by atoms with Crippen molar-refractivity contribution in [3.8, 4) is 24.2 Å². The maximum Gasteiger partial charge on any atom is 0.149 e. The van der Waals surface area contributed by atoms with Crippen LogP contribution in [0.4, 0.5) is 0 Å². The van der Waals surface area contributed by atoms with E-state index in [4.69, 9.17) is 11.2 Å². The van der Waals surface area contributed by atoms with E-state index in [0.717, 1.165) is 31.5 Å². The van der Waals surface area contributed by atoms with Crippen LogP contribution >= 0.6 is 22.6 Å². The van der Waals surface area contributed by atoms with Crippen LogP contribution in [0, 0.1) is 34.2 Å². The van der Waals surface area contributed by atoms with E-state index in [1.165, 1.54) is 0 Å². The van der Waals surface area contributed by atoms with Crippen LogP contribution in [0.15, 0.2) is 36.4 Å². The molecule has 2 aromatic carbocycles. The van der Waals surface area contributed by atoms with Gasteiger partial charge in [-0.15, -0.1) is 6.42 Å². The van der Waals surface area contributed by atoms with Crippen molar-refractivity contribution in [2.24, 2.45) is 0 Å². The number of aromatic nitrogens is 2. The summed E-state index contributed by atoms with van der Waals surface area (Å²) in [5, 5.41) is 9.53. The Hall–Kier alpha value is -2.77. The average Bonchev–Trinajstić information content (AvgIpc) is 3.01. The predicted molar refractivity (Wildman–Crippen MR) is 108 cm³/mol. The molecule has 3 rings (SSSR count). The number of hydrogen-bond acceptors (Lipinski definition) is 3. The van der Waals surface area contributed by atoms with Gasteiger partial charge < -0.3 is 9.72 Å². The summed E-state index contributed by atoms with van der Waals surface area (Å²) in [5.41, 5.74) is 4.27. The van der Waals surface area contributed by atoms with Gasteiger partial charge in [0.05, 0.1) is 20.2 Å². The number of hydrogen-bond donors (Lipinski definition) is 1. The molecule has 25 heavy (non-hydrogen) atoms. The second-order valence-electron chi connectivity index (χ2n) is 5.46. The Labute approximate surface area is 159 Å². The predicted octanol–water partition coefficient (Wildman–Crippen LogP) is 4.55. The van der Waals surface area contributed by atoms with Gasteiger partial charge >= 0.3 is 0 Å². The number of rotatable bonds is 4. The van der Waals surface area contributed by atoms with Gasteiger partial charge in [-0.25, -0.2) is 4.98 Å². The molecule has 0 atom stereocenters. The fourth-order valence-electron chi connectivity index (χ4n) is 2.41. The van der Waals surface area contributed by atoms with Crippen molar-refractivity contribution in [1.82, 2.24) is 9.97 Å². The molecule has 1 aromatic heterocycles. The third kappa shape index (κ3) is 3.84. The second-order valence-corrected chi connectivity index (χ2v) is 6.62. The number of fused-ring (bicyclic) bond motifs is 1. The summed E-state index contributed by atoms with van der Waals surface area (Å²) in [7, 11) is 0. The number of allylic oxidation sites excluding steroid dienone is 1. The zero-order valence-corrected chi connectivity index (χ0v) is 15.7. The molecule has 0 saturated heterocycles. The maximum absolute atomic E-state index is 9.53. The second kappa shape index (κ2) is 7.42. The molecule has 122 valence electrons. The van der Waals surface area contributed by atoms with E-state index in [0.29, 0.717) is 11.4 Å². The summed E-state index contributed by atoms with van der Waals surface area (Å²) >= 11 is 2.19. The zero-order chi connectivity index (χ0) is 17.8. The highest BCUT2D eigenvalue weighted by molar-refractivity contribution is 14.1. The molecule has 1 N–H and O–H groups in total. The molecule has 0 radical (unpaired) electrons. The third-order valence-corrected chi connectivity index (χ3v) is 4.43. The minimum Gasteiger partial charge on any atom is -0.480 e. The summed E-state index contributed by atoms with van der Waals surface area (Å²) in [6.07, 6.45) is 7.02. The average molecular weight is 439 g/mol. The Balaban J connectivity index is 1.95. The van der Waals surface area contributed by atoms with E-state index >= 15 is 0 Å². The number of aryl methyl sites for hydroxylation is 1. The molecule has 1 heterocycles. The molecule has 0 aliphatic heterocycles. The van der Waals surface area contributed by atoms with E-state index < -0.39 is 0 Å². The van der Waals surface area contributed by atoms with E-state index in [9.17, 15) is 5.26 Å². The fourth-order valence-corrected chi connectivity index (χ4v) is 3.11. The SMILES string of the molecule is C#CCOc1ccc(C=C(C#N)c2nc3ccc(C)cc3[nH]2)cc1I. The number of aromatic amines is 1. The summed E-state index contributed by atoms with van der Waals surface area (Å²) < 4.78 is 6.39. The van der Waals surface area contributed by atoms with Crippen molar-refractivity contribution >= 4 is 45.3 Å². The molecule has 3 aromatic rings. The first-order valence-electron chi connectivity index (χ1n) is 7.55. The zero-order valence-electron chi connectivity index (χ0n) is 13.5. The van der Waals surface area contributed by atoms with Gasteiger partial charge in [0.15, 0.2) is 0 Å². The lowest BCUT2D eigenvalue weighted by Gasteiger charge is -2.06. The number of H-pyrrole nitrogens is 1. The highest BCUT2D eigenvalue weighted by Gasteiger charge is 2.09. The number of nitrogens with one attached hydrogen (secondary N) is 1. The van der Waals surface area contributed by atoms with E-state index in [-0.39, 0.29) is 6.61 Å². The Bertz CT molecular complexity index is 1050. The monoisotopic (exact) mass is 439 g/mol. The molecule has 0 aliphatic rings. The van der Waals surface area contributed by atoms with Gasteiger partial charge in [0, 0.05) is 0 Å². The minimum absolute atomic E-state index is 0.229. The standard InChI is InChI=1S/C20H14IN3O/c1-3-8-25-19-7-5-14(11-16(19)21)10-15(12-22)20-23-17-6-4-13(2)9-18(17)24-20/h1,4-7,9-11H,8H2,2H3,(H,23,24). The van der Waals surface area contributed by atoms with Crippen LogP contribution in [-0.2, 0) is 0 Å². The topological polar surface area (TPSA) is 61.7 Å². The van der Waals surface area contributed by atoms with Crippen LogP contribution in [0.1, 0.15) is 17.0 Å². The van der Waals surface area contributed by atoms with Crippen LogP contribution in [0.5, 0.6) is 5.75 Å². The van der Waals surface area contributed by atoms with Gasteiger partial charge in [-0.2, -0.15) is 5.26 Å². The van der Waals surface area contributed by atoms with Crippen molar-refractivity contribution in [2.45, 2.75) is 6.92 Å². The molecule has 0 amide bonds. The lowest BCUT2D eigenvalue weighted by Crippen LogP contribution is -1.95. The first-order valence-corrected chi connectivity index (χ1v) is 8.63. The van der Waals surface area contributed by atoms with Gasteiger partial charge in [-0.05, 0) is 71.0 Å². The number of halogens is 1. The van der Waals surface area contributed by atoms with Crippen molar-refractivity contribution < 1.29 is 4.74 Å². The number of imidazole rings is 1. The smallest absolute Gasteiger partial charge is 0.149 e. The number of nitriles is 1. The molecular weight excluding hydrogens is 425 g/mol. The van der Waals surface area contributed by atoms with Crippen molar-refractivity contribution in [2.75, 3.05) is 6.61 Å². The highest BCUT2D eigenvalue weighted by atomic mass is 127. The van der Waals surface area contributed by atoms with Gasteiger partial charge in [0.25, 0.3) is 0 Å². The molecule has 0 unspecified atom stereocenters. The van der Waals surface area contributed by atoms with E-state index in [1.807, 2.05) is 43.3 Å². The van der Waals surface area contributed by atoms with Crippen LogP contribution in [0.3, 0.4) is 0 Å². The largest absolute Gasteiger partial charge is 0.480 e. The molecule has 0 bridgehead atoms. The Morgan fingerprint density at radius 3 is 2.92 bits per heavy atom. The van der Waals surface area contributed by atoms with Gasteiger partial charge in [-0.3, -0.25) is 0 Å². The Morgan fingerprint density at radius 1 is 1.36 bits per heavy atom. The molecule has 0 aliphatic carbocycles. The first-order chi connectivity index (χ1) is 12.1. The van der Waals surface area contributed by atoms with Crippen molar-refractivity contribution in [3.63, 3.8) is 0 Å². The lowest BCUT2D eigenvalue weighted by molar-refractivity contribution is 0.368. The molecule has 0 fully saturated rings. The van der Waals surface area contributed by atoms with Gasteiger partial charge in [0.2, 0.25) is 0 Å². The van der Waals surface area contributed by atoms with Gasteiger partial charge in [-0.1, -0.05) is 18.1 Å². The number of ether oxygens (including phenoxy) is 1. The molecule has 0 saturated carbocycles. The van der Waals surface area contributed by atoms with Crippen LogP contribution in [0.25, 0.3) is 22.7 Å². The summed E-state index contributed by atoms with van der Waals surface area (Å²) in [5.74, 6) is 3.74. The van der Waals surface area contributed by atoms with Crippen LogP contribution in [-0.4, -0.2) is 16.6 Å². The minimum atomic E-state index is 0.229. The third-order valence-electron chi connectivity index (χ3n) is 3.59. The summed E-state index contributed by atoms with van der Waals surface area (Å²) in [4.78, 5) is 7.72. The molecule has 5 heteroatoms.